The SMILES string of the molecule is Cc1ccc(C(=O)N[C@H]2CC(=O)N(C3CC3)C2)cc1C. The van der Waals surface area contributed by atoms with Gasteiger partial charge in [-0.3, -0.25) is 9.59 Å². The van der Waals surface area contributed by atoms with Crippen LogP contribution in [-0.2, 0) is 4.79 Å². The summed E-state index contributed by atoms with van der Waals surface area (Å²) in [5, 5.41) is 2.98. The minimum Gasteiger partial charge on any atom is -0.347 e. The number of carbonyl (C=O) groups is 2. The second-order valence-corrected chi connectivity index (χ2v) is 5.95. The van der Waals surface area contributed by atoms with Crippen molar-refractivity contribution in [3.63, 3.8) is 0 Å². The van der Waals surface area contributed by atoms with E-state index in [2.05, 4.69) is 5.32 Å². The van der Waals surface area contributed by atoms with Crippen LogP contribution in [0.5, 0.6) is 0 Å². The van der Waals surface area contributed by atoms with Gasteiger partial charge in [0.1, 0.15) is 0 Å². The first kappa shape index (κ1) is 13.2. The first-order valence-corrected chi connectivity index (χ1v) is 7.22. The van der Waals surface area contributed by atoms with E-state index in [1.165, 1.54) is 5.56 Å². The van der Waals surface area contributed by atoms with E-state index in [0.29, 0.717) is 24.6 Å². The zero-order valence-electron chi connectivity index (χ0n) is 12.0. The van der Waals surface area contributed by atoms with Gasteiger partial charge in [0.05, 0.1) is 6.04 Å². The fourth-order valence-corrected chi connectivity index (χ4v) is 2.72. The molecule has 2 fully saturated rings. The molecule has 1 aromatic carbocycles. The molecule has 2 amide bonds. The maximum Gasteiger partial charge on any atom is 0.251 e. The molecule has 0 aromatic heterocycles. The minimum atomic E-state index is -0.0800. The van der Waals surface area contributed by atoms with Crippen molar-refractivity contribution in [1.82, 2.24) is 10.2 Å². The summed E-state index contributed by atoms with van der Waals surface area (Å²) in [7, 11) is 0. The summed E-state index contributed by atoms with van der Waals surface area (Å²) in [6.07, 6.45) is 2.67. The predicted molar refractivity (Wildman–Crippen MR) is 76.5 cm³/mol. The molecule has 0 bridgehead atoms. The Morgan fingerprint density at radius 1 is 1.25 bits per heavy atom. The topological polar surface area (TPSA) is 49.4 Å². The van der Waals surface area contributed by atoms with Crippen molar-refractivity contribution in [3.05, 3.63) is 34.9 Å². The van der Waals surface area contributed by atoms with Gasteiger partial charge >= 0.3 is 0 Å². The van der Waals surface area contributed by atoms with Crippen LogP contribution in [0, 0.1) is 13.8 Å². The highest BCUT2D eigenvalue weighted by molar-refractivity contribution is 5.95. The van der Waals surface area contributed by atoms with Gasteiger partial charge < -0.3 is 10.2 Å². The van der Waals surface area contributed by atoms with Crippen molar-refractivity contribution < 1.29 is 9.59 Å². The molecule has 0 spiro atoms. The molecule has 1 aliphatic carbocycles. The minimum absolute atomic E-state index is 0.0443. The summed E-state index contributed by atoms with van der Waals surface area (Å²) < 4.78 is 0. The zero-order chi connectivity index (χ0) is 14.3. The number of benzene rings is 1. The molecule has 106 valence electrons. The fourth-order valence-electron chi connectivity index (χ4n) is 2.72. The molecule has 4 heteroatoms. The first-order valence-electron chi connectivity index (χ1n) is 7.22. The predicted octanol–water partition coefficient (Wildman–Crippen LogP) is 1.80. The molecular weight excluding hydrogens is 252 g/mol. The van der Waals surface area contributed by atoms with Gasteiger partial charge in [0, 0.05) is 24.6 Å². The average Bonchev–Trinajstić information content (AvgIpc) is 3.17. The lowest BCUT2D eigenvalue weighted by atomic mass is 10.1. The van der Waals surface area contributed by atoms with Crippen molar-refractivity contribution in [1.29, 1.82) is 0 Å². The summed E-state index contributed by atoms with van der Waals surface area (Å²) in [4.78, 5) is 26.0. The largest absolute Gasteiger partial charge is 0.347 e. The molecule has 1 aromatic rings. The number of likely N-dealkylation sites (tertiary alicyclic amines) is 1. The first-order chi connectivity index (χ1) is 9.54. The van der Waals surface area contributed by atoms with Gasteiger partial charge in [-0.15, -0.1) is 0 Å². The average molecular weight is 272 g/mol. The van der Waals surface area contributed by atoms with Crippen molar-refractivity contribution >= 4 is 11.8 Å². The molecule has 2 aliphatic rings. The van der Waals surface area contributed by atoms with Crippen LogP contribution in [0.3, 0.4) is 0 Å². The number of amides is 2. The molecule has 0 radical (unpaired) electrons. The fraction of sp³-hybridized carbons (Fsp3) is 0.500. The van der Waals surface area contributed by atoms with E-state index >= 15 is 0 Å². The lowest BCUT2D eigenvalue weighted by molar-refractivity contribution is -0.128. The van der Waals surface area contributed by atoms with Crippen LogP contribution in [0.25, 0.3) is 0 Å². The highest BCUT2D eigenvalue weighted by Crippen LogP contribution is 2.30. The Morgan fingerprint density at radius 3 is 2.65 bits per heavy atom. The Bertz CT molecular complexity index is 564. The van der Waals surface area contributed by atoms with Crippen LogP contribution in [0.15, 0.2) is 18.2 Å². The molecule has 4 nitrogen and oxygen atoms in total. The number of hydrogen-bond donors (Lipinski definition) is 1. The van der Waals surface area contributed by atoms with Gasteiger partial charge in [0.15, 0.2) is 0 Å². The summed E-state index contributed by atoms with van der Waals surface area (Å²) in [5.41, 5.74) is 2.96. The van der Waals surface area contributed by atoms with Crippen LogP contribution in [0.4, 0.5) is 0 Å². The number of nitrogens with zero attached hydrogens (tertiary/aromatic N) is 1. The molecule has 1 saturated heterocycles. The quantitative estimate of drug-likeness (QED) is 0.912. The number of carbonyl (C=O) groups excluding carboxylic acids is 2. The molecule has 0 unspecified atom stereocenters. The second kappa shape index (κ2) is 4.93. The van der Waals surface area contributed by atoms with E-state index in [4.69, 9.17) is 0 Å². The Kier molecular flexibility index (Phi) is 3.24. The van der Waals surface area contributed by atoms with Crippen molar-refractivity contribution in [3.8, 4) is 0 Å². The standard InChI is InChI=1S/C16H20N2O2/c1-10-3-4-12(7-11(10)2)16(20)17-13-8-15(19)18(9-13)14-5-6-14/h3-4,7,13-14H,5-6,8-9H2,1-2H3,(H,17,20)/t13-/m0/s1. The Labute approximate surface area is 119 Å². The molecule has 3 rings (SSSR count). The van der Waals surface area contributed by atoms with Crippen LogP contribution >= 0.6 is 0 Å². The molecule has 1 aliphatic heterocycles. The summed E-state index contributed by atoms with van der Waals surface area (Å²) >= 11 is 0. The Hall–Kier alpha value is -1.84. The third-order valence-corrected chi connectivity index (χ3v) is 4.25. The van der Waals surface area contributed by atoms with E-state index in [9.17, 15) is 9.59 Å². The number of aryl methyl sites for hydroxylation is 2. The van der Waals surface area contributed by atoms with E-state index in [-0.39, 0.29) is 17.9 Å². The van der Waals surface area contributed by atoms with Gasteiger partial charge in [0.2, 0.25) is 5.91 Å². The maximum atomic E-state index is 12.2. The Balaban J connectivity index is 1.64. The van der Waals surface area contributed by atoms with Crippen LogP contribution in [0.2, 0.25) is 0 Å². The normalized spacial score (nSPS) is 22.2. The van der Waals surface area contributed by atoms with Gasteiger partial charge in [0.25, 0.3) is 5.91 Å². The number of hydrogen-bond acceptors (Lipinski definition) is 2. The Morgan fingerprint density at radius 2 is 2.00 bits per heavy atom. The summed E-state index contributed by atoms with van der Waals surface area (Å²) in [6, 6.07) is 6.09. The number of rotatable bonds is 3. The molecular formula is C16H20N2O2. The van der Waals surface area contributed by atoms with Crippen molar-refractivity contribution in [2.75, 3.05) is 6.54 Å². The van der Waals surface area contributed by atoms with Gasteiger partial charge in [-0.05, 0) is 49.9 Å². The van der Waals surface area contributed by atoms with Crippen LogP contribution < -0.4 is 5.32 Å². The smallest absolute Gasteiger partial charge is 0.251 e. The highest BCUT2D eigenvalue weighted by Gasteiger charge is 2.39. The lowest BCUT2D eigenvalue weighted by Gasteiger charge is -2.16. The van der Waals surface area contributed by atoms with Crippen LogP contribution in [0.1, 0.15) is 40.7 Å². The molecule has 20 heavy (non-hydrogen) atoms. The third-order valence-electron chi connectivity index (χ3n) is 4.25. The maximum absolute atomic E-state index is 12.2. The highest BCUT2D eigenvalue weighted by atomic mass is 16.2. The van der Waals surface area contributed by atoms with Crippen LogP contribution in [-0.4, -0.2) is 35.3 Å². The lowest BCUT2D eigenvalue weighted by Crippen LogP contribution is -2.37. The molecule has 1 N–H and O–H groups in total. The van der Waals surface area contributed by atoms with E-state index in [1.807, 2.05) is 36.9 Å². The van der Waals surface area contributed by atoms with E-state index in [0.717, 1.165) is 18.4 Å². The molecule has 1 heterocycles. The molecule has 1 saturated carbocycles. The van der Waals surface area contributed by atoms with E-state index in [1.54, 1.807) is 0 Å². The van der Waals surface area contributed by atoms with Gasteiger partial charge in [-0.1, -0.05) is 6.07 Å². The van der Waals surface area contributed by atoms with Crippen molar-refractivity contribution in [2.45, 2.75) is 45.2 Å². The summed E-state index contributed by atoms with van der Waals surface area (Å²) in [6.45, 7) is 4.69. The van der Waals surface area contributed by atoms with Gasteiger partial charge in [-0.2, -0.15) is 0 Å². The van der Waals surface area contributed by atoms with Gasteiger partial charge in [-0.25, -0.2) is 0 Å². The van der Waals surface area contributed by atoms with E-state index < -0.39 is 0 Å². The number of nitrogens with one attached hydrogen (secondary N) is 1. The zero-order valence-corrected chi connectivity index (χ0v) is 12.0. The summed E-state index contributed by atoms with van der Waals surface area (Å²) in [5.74, 6) is 0.0985. The molecule has 1 atom stereocenters. The third kappa shape index (κ3) is 2.55. The monoisotopic (exact) mass is 272 g/mol. The second-order valence-electron chi connectivity index (χ2n) is 5.95. The van der Waals surface area contributed by atoms with Crippen molar-refractivity contribution in [2.24, 2.45) is 0 Å².